The number of rotatable bonds is 4. The molecule has 1 heterocycles. The Bertz CT molecular complexity index is 685. The monoisotopic (exact) mass is 323 g/mol. The van der Waals surface area contributed by atoms with E-state index in [0.29, 0.717) is 11.3 Å². The highest BCUT2D eigenvalue weighted by atomic mass is 19.4. The van der Waals surface area contributed by atoms with Gasteiger partial charge in [0.05, 0.1) is 5.56 Å². The Morgan fingerprint density at radius 1 is 1.00 bits per heavy atom. The number of benzene rings is 1. The Morgan fingerprint density at radius 3 is 2.26 bits per heavy atom. The molecule has 0 unspecified atom stereocenters. The molecule has 2 rings (SSSR count). The first-order chi connectivity index (χ1) is 10.8. The molecule has 0 atom stereocenters. The molecule has 0 aliphatic rings. The Labute approximate surface area is 129 Å². The molecule has 0 aliphatic carbocycles. The fraction of sp³-hybridized carbons (Fsp3) is 0.133. The molecule has 0 bridgehead atoms. The van der Waals surface area contributed by atoms with Gasteiger partial charge in [-0.3, -0.25) is 14.6 Å². The smallest absolute Gasteiger partial charge is 0.343 e. The van der Waals surface area contributed by atoms with E-state index in [4.69, 9.17) is 0 Å². The molecule has 8 heteroatoms. The number of anilines is 1. The van der Waals surface area contributed by atoms with Crippen molar-refractivity contribution in [3.8, 4) is 0 Å². The van der Waals surface area contributed by atoms with E-state index < -0.39 is 18.6 Å². The van der Waals surface area contributed by atoms with Crippen LogP contribution in [-0.2, 0) is 0 Å². The van der Waals surface area contributed by atoms with Crippen LogP contribution in [0.25, 0.3) is 0 Å². The number of hydrogen-bond acceptors (Lipinski definition) is 3. The van der Waals surface area contributed by atoms with Gasteiger partial charge in [0.25, 0.3) is 11.8 Å². The summed E-state index contributed by atoms with van der Waals surface area (Å²) in [5.74, 6) is -1.22. The van der Waals surface area contributed by atoms with Gasteiger partial charge in [-0.1, -0.05) is 0 Å². The molecule has 120 valence electrons. The van der Waals surface area contributed by atoms with Crippen LogP contribution in [0.2, 0.25) is 0 Å². The molecule has 0 radical (unpaired) electrons. The quantitative estimate of drug-likeness (QED) is 0.908. The Kier molecular flexibility index (Phi) is 4.95. The maximum absolute atomic E-state index is 12.0. The van der Waals surface area contributed by atoms with Crippen LogP contribution in [0.4, 0.5) is 18.9 Å². The second-order valence-electron chi connectivity index (χ2n) is 4.57. The summed E-state index contributed by atoms with van der Waals surface area (Å²) in [6.07, 6.45) is -1.54. The van der Waals surface area contributed by atoms with Crippen LogP contribution in [-0.4, -0.2) is 29.5 Å². The Balaban J connectivity index is 1.97. The third-order valence-electron chi connectivity index (χ3n) is 2.78. The molecule has 0 fully saturated rings. The second-order valence-corrected chi connectivity index (χ2v) is 4.57. The molecular formula is C15H12F3N3O2. The molecule has 23 heavy (non-hydrogen) atoms. The predicted molar refractivity (Wildman–Crippen MR) is 77.0 cm³/mol. The van der Waals surface area contributed by atoms with Crippen molar-refractivity contribution in [1.29, 1.82) is 0 Å². The van der Waals surface area contributed by atoms with E-state index in [1.165, 1.54) is 36.7 Å². The van der Waals surface area contributed by atoms with Gasteiger partial charge >= 0.3 is 6.18 Å². The molecule has 0 spiro atoms. The fourth-order valence-corrected chi connectivity index (χ4v) is 1.69. The molecular weight excluding hydrogens is 311 g/mol. The molecule has 1 aromatic heterocycles. The third-order valence-corrected chi connectivity index (χ3v) is 2.78. The molecule has 2 amide bonds. The highest BCUT2D eigenvalue weighted by Gasteiger charge is 2.27. The van der Waals surface area contributed by atoms with Crippen molar-refractivity contribution >= 4 is 17.5 Å². The summed E-state index contributed by atoms with van der Waals surface area (Å²) in [4.78, 5) is 27.2. The minimum Gasteiger partial charge on any atom is -0.343 e. The fourth-order valence-electron chi connectivity index (χ4n) is 1.69. The lowest BCUT2D eigenvalue weighted by atomic mass is 10.2. The van der Waals surface area contributed by atoms with Crippen LogP contribution >= 0.6 is 0 Å². The molecule has 0 aliphatic heterocycles. The molecule has 2 N–H and O–H groups in total. The van der Waals surface area contributed by atoms with Gasteiger partial charge in [0.15, 0.2) is 0 Å². The van der Waals surface area contributed by atoms with Gasteiger partial charge in [0.2, 0.25) is 0 Å². The average Bonchev–Trinajstić information content (AvgIpc) is 2.53. The van der Waals surface area contributed by atoms with Crippen molar-refractivity contribution in [2.24, 2.45) is 0 Å². The third kappa shape index (κ3) is 5.10. The molecule has 0 saturated carbocycles. The Hall–Kier alpha value is -2.90. The van der Waals surface area contributed by atoms with Crippen LogP contribution in [0, 0.1) is 0 Å². The van der Waals surface area contributed by atoms with E-state index in [1.807, 2.05) is 0 Å². The zero-order valence-electron chi connectivity index (χ0n) is 11.7. The van der Waals surface area contributed by atoms with E-state index in [2.05, 4.69) is 10.3 Å². The Morgan fingerprint density at radius 2 is 1.70 bits per heavy atom. The summed E-state index contributed by atoms with van der Waals surface area (Å²) in [6.45, 7) is -1.40. The maximum Gasteiger partial charge on any atom is 0.405 e. The SMILES string of the molecule is O=C(NCC(F)(F)F)c1ccc(NC(=O)c2cccnc2)cc1. The van der Waals surface area contributed by atoms with Gasteiger partial charge in [-0.25, -0.2) is 0 Å². The summed E-state index contributed by atoms with van der Waals surface area (Å²) in [5, 5.41) is 4.36. The van der Waals surface area contributed by atoms with Crippen molar-refractivity contribution < 1.29 is 22.8 Å². The van der Waals surface area contributed by atoms with Crippen molar-refractivity contribution in [3.05, 3.63) is 59.9 Å². The van der Waals surface area contributed by atoms with Gasteiger partial charge in [-0.05, 0) is 36.4 Å². The van der Waals surface area contributed by atoms with E-state index >= 15 is 0 Å². The van der Waals surface area contributed by atoms with E-state index in [1.54, 1.807) is 17.4 Å². The number of nitrogens with one attached hydrogen (secondary N) is 2. The lowest BCUT2D eigenvalue weighted by molar-refractivity contribution is -0.123. The molecule has 1 aromatic carbocycles. The number of pyridine rings is 1. The lowest BCUT2D eigenvalue weighted by Crippen LogP contribution is -2.33. The first kappa shape index (κ1) is 16.5. The first-order valence-corrected chi connectivity index (χ1v) is 6.51. The number of amides is 2. The summed E-state index contributed by atoms with van der Waals surface area (Å²) in [5.41, 5.74) is 0.833. The standard InChI is InChI=1S/C15H12F3N3O2/c16-15(17,18)9-20-13(22)10-3-5-12(6-4-10)21-14(23)11-2-1-7-19-8-11/h1-8H,9H2,(H,20,22)(H,21,23). The van der Waals surface area contributed by atoms with Crippen LogP contribution < -0.4 is 10.6 Å². The number of hydrogen-bond donors (Lipinski definition) is 2. The van der Waals surface area contributed by atoms with Gasteiger partial charge in [0, 0.05) is 23.6 Å². The highest BCUT2D eigenvalue weighted by molar-refractivity contribution is 6.04. The van der Waals surface area contributed by atoms with Crippen molar-refractivity contribution in [2.45, 2.75) is 6.18 Å². The largest absolute Gasteiger partial charge is 0.405 e. The van der Waals surface area contributed by atoms with Crippen LogP contribution in [0.3, 0.4) is 0 Å². The topological polar surface area (TPSA) is 71.1 Å². The second kappa shape index (κ2) is 6.91. The predicted octanol–water partition coefficient (Wildman–Crippen LogP) is 2.63. The number of alkyl halides is 3. The van der Waals surface area contributed by atoms with Crippen LogP contribution in [0.5, 0.6) is 0 Å². The van der Waals surface area contributed by atoms with E-state index in [0.717, 1.165) is 0 Å². The number of aromatic nitrogens is 1. The number of nitrogens with zero attached hydrogens (tertiary/aromatic N) is 1. The van der Waals surface area contributed by atoms with Gasteiger partial charge in [0.1, 0.15) is 6.54 Å². The summed E-state index contributed by atoms with van der Waals surface area (Å²) >= 11 is 0. The number of carbonyl (C=O) groups is 2. The molecule has 2 aromatic rings. The number of halogens is 3. The lowest BCUT2D eigenvalue weighted by Gasteiger charge is -2.09. The van der Waals surface area contributed by atoms with E-state index in [-0.39, 0.29) is 11.5 Å². The highest BCUT2D eigenvalue weighted by Crippen LogP contribution is 2.14. The average molecular weight is 323 g/mol. The van der Waals surface area contributed by atoms with Crippen molar-refractivity contribution in [1.82, 2.24) is 10.3 Å². The number of carbonyl (C=O) groups excluding carboxylic acids is 2. The van der Waals surface area contributed by atoms with E-state index in [9.17, 15) is 22.8 Å². The van der Waals surface area contributed by atoms with Gasteiger partial charge < -0.3 is 10.6 Å². The minimum absolute atomic E-state index is 0.0635. The first-order valence-electron chi connectivity index (χ1n) is 6.51. The maximum atomic E-state index is 12.0. The molecule has 0 saturated heterocycles. The van der Waals surface area contributed by atoms with Crippen molar-refractivity contribution in [3.63, 3.8) is 0 Å². The van der Waals surface area contributed by atoms with Crippen LogP contribution in [0.1, 0.15) is 20.7 Å². The summed E-state index contributed by atoms with van der Waals surface area (Å²) in [7, 11) is 0. The van der Waals surface area contributed by atoms with Gasteiger partial charge in [-0.2, -0.15) is 13.2 Å². The minimum atomic E-state index is -4.46. The summed E-state index contributed by atoms with van der Waals surface area (Å²) in [6, 6.07) is 8.70. The van der Waals surface area contributed by atoms with Crippen LogP contribution in [0.15, 0.2) is 48.8 Å². The zero-order valence-corrected chi connectivity index (χ0v) is 11.7. The molecule has 5 nitrogen and oxygen atoms in total. The summed E-state index contributed by atoms with van der Waals surface area (Å²) < 4.78 is 36.1. The normalized spacial score (nSPS) is 10.9. The van der Waals surface area contributed by atoms with Crippen molar-refractivity contribution in [2.75, 3.05) is 11.9 Å². The zero-order chi connectivity index (χ0) is 16.9. The van der Waals surface area contributed by atoms with Gasteiger partial charge in [-0.15, -0.1) is 0 Å².